The Morgan fingerprint density at radius 2 is 1.96 bits per heavy atom. The van der Waals surface area contributed by atoms with Gasteiger partial charge in [-0.15, -0.1) is 0 Å². The molecule has 0 atom stereocenters. The minimum absolute atomic E-state index is 0.290. The molecule has 124 valence electrons. The van der Waals surface area contributed by atoms with Crippen LogP contribution in [0.3, 0.4) is 0 Å². The van der Waals surface area contributed by atoms with E-state index in [1.54, 1.807) is 18.6 Å². The first-order valence-electron chi connectivity index (χ1n) is 7.67. The highest BCUT2D eigenvalue weighted by atomic mass is 16.5. The fourth-order valence-corrected chi connectivity index (χ4v) is 2.93. The number of imidazole rings is 2. The predicted molar refractivity (Wildman–Crippen MR) is 87.1 cm³/mol. The smallest absolute Gasteiger partial charge is 0.332 e. The van der Waals surface area contributed by atoms with E-state index in [1.807, 2.05) is 24.6 Å². The van der Waals surface area contributed by atoms with Gasteiger partial charge in [-0.05, 0) is 13.3 Å². The first-order valence-corrected chi connectivity index (χ1v) is 7.67. The van der Waals surface area contributed by atoms with Gasteiger partial charge in [0, 0.05) is 39.1 Å². The van der Waals surface area contributed by atoms with Crippen molar-refractivity contribution in [2.45, 2.75) is 33.4 Å². The zero-order valence-electron chi connectivity index (χ0n) is 13.9. The molecule has 0 bridgehead atoms. The van der Waals surface area contributed by atoms with Crippen LogP contribution in [0.4, 0.5) is 0 Å². The summed E-state index contributed by atoms with van der Waals surface area (Å²) in [5, 5.41) is 0. The van der Waals surface area contributed by atoms with Crippen LogP contribution in [0.5, 0.6) is 0 Å². The number of methoxy groups -OCH3 is 1. The van der Waals surface area contributed by atoms with Crippen molar-refractivity contribution >= 4 is 16.9 Å². The molecule has 0 aromatic carbocycles. The van der Waals surface area contributed by atoms with Crippen molar-refractivity contribution < 1.29 is 4.74 Å². The van der Waals surface area contributed by atoms with Crippen LogP contribution in [0.1, 0.15) is 19.0 Å². The van der Waals surface area contributed by atoms with Crippen LogP contribution in [-0.4, -0.2) is 36.8 Å². The normalized spacial score (nSPS) is 11.8. The van der Waals surface area contributed by atoms with Crippen LogP contribution in [0.25, 0.3) is 16.9 Å². The number of hydrogen-bond acceptors (Lipinski definition) is 4. The topological polar surface area (TPSA) is 75.5 Å². The fourth-order valence-electron chi connectivity index (χ4n) is 2.93. The van der Waals surface area contributed by atoms with Crippen LogP contribution in [0.2, 0.25) is 0 Å². The highest BCUT2D eigenvalue weighted by Crippen LogP contribution is 2.16. The van der Waals surface area contributed by atoms with Crippen molar-refractivity contribution in [2.24, 2.45) is 7.05 Å². The Kier molecular flexibility index (Phi) is 3.85. The highest BCUT2D eigenvalue weighted by Gasteiger charge is 2.19. The quantitative estimate of drug-likeness (QED) is 0.687. The van der Waals surface area contributed by atoms with Crippen LogP contribution >= 0.6 is 0 Å². The minimum Gasteiger partial charge on any atom is -0.383 e. The number of aryl methyl sites for hydroxylation is 2. The van der Waals surface area contributed by atoms with Gasteiger partial charge >= 0.3 is 5.69 Å². The molecule has 0 saturated heterocycles. The Bertz CT molecular complexity index is 989. The van der Waals surface area contributed by atoms with E-state index in [0.29, 0.717) is 36.6 Å². The molecule has 0 fully saturated rings. The Balaban J connectivity index is 2.40. The van der Waals surface area contributed by atoms with Gasteiger partial charge in [-0.25, -0.2) is 4.79 Å². The van der Waals surface area contributed by atoms with Crippen molar-refractivity contribution in [3.8, 4) is 0 Å². The predicted octanol–water partition coefficient (Wildman–Crippen LogP) is 0.514. The lowest BCUT2D eigenvalue weighted by molar-refractivity contribution is 0.187. The van der Waals surface area contributed by atoms with Crippen LogP contribution in [-0.2, 0) is 24.9 Å². The summed E-state index contributed by atoms with van der Waals surface area (Å²) >= 11 is 0. The van der Waals surface area contributed by atoms with E-state index in [-0.39, 0.29) is 11.2 Å². The number of ether oxygens (including phenoxy) is 1. The maximum absolute atomic E-state index is 12.8. The third-order valence-electron chi connectivity index (χ3n) is 4.11. The Hall–Kier alpha value is -2.35. The number of aromatic nitrogens is 5. The van der Waals surface area contributed by atoms with Crippen LogP contribution < -0.4 is 11.2 Å². The summed E-state index contributed by atoms with van der Waals surface area (Å²) in [6.45, 7) is 5.49. The van der Waals surface area contributed by atoms with Crippen molar-refractivity contribution in [3.63, 3.8) is 0 Å². The van der Waals surface area contributed by atoms with E-state index in [9.17, 15) is 9.59 Å². The standard InChI is InChI=1S/C15H21N5O3/c1-5-6-19-13(21)11-12(17(3)15(19)22)16-14-18(7-8-23-4)10(2)9-20(11)14/h9H,5-8H2,1-4H3. The average Bonchev–Trinajstić information content (AvgIpc) is 3.03. The molecule has 23 heavy (non-hydrogen) atoms. The van der Waals surface area contributed by atoms with Gasteiger partial charge in [0.1, 0.15) is 0 Å². The lowest BCUT2D eigenvalue weighted by atomic mass is 10.4. The zero-order chi connectivity index (χ0) is 16.7. The first kappa shape index (κ1) is 15.5. The molecule has 0 saturated carbocycles. The molecule has 0 aliphatic heterocycles. The molecular formula is C15H21N5O3. The molecule has 0 N–H and O–H groups in total. The van der Waals surface area contributed by atoms with Crippen LogP contribution in [0, 0.1) is 6.92 Å². The lowest BCUT2D eigenvalue weighted by Crippen LogP contribution is -2.39. The third kappa shape index (κ3) is 2.21. The summed E-state index contributed by atoms with van der Waals surface area (Å²) in [6, 6.07) is 0. The van der Waals surface area contributed by atoms with E-state index < -0.39 is 0 Å². The second-order valence-electron chi connectivity index (χ2n) is 5.67. The molecule has 8 nitrogen and oxygen atoms in total. The van der Waals surface area contributed by atoms with Crippen LogP contribution in [0.15, 0.2) is 15.8 Å². The molecule has 3 aromatic heterocycles. The van der Waals surface area contributed by atoms with E-state index in [2.05, 4.69) is 4.98 Å². The van der Waals surface area contributed by atoms with Gasteiger partial charge in [0.15, 0.2) is 11.2 Å². The van der Waals surface area contributed by atoms with Crippen molar-refractivity contribution in [3.05, 3.63) is 32.7 Å². The maximum atomic E-state index is 12.8. The molecule has 0 aliphatic carbocycles. The highest BCUT2D eigenvalue weighted by molar-refractivity contribution is 5.75. The Morgan fingerprint density at radius 1 is 1.22 bits per heavy atom. The summed E-state index contributed by atoms with van der Waals surface area (Å²) in [4.78, 5) is 29.7. The average molecular weight is 319 g/mol. The number of nitrogens with zero attached hydrogens (tertiary/aromatic N) is 5. The molecular weight excluding hydrogens is 298 g/mol. The van der Waals surface area contributed by atoms with Crippen molar-refractivity contribution in [2.75, 3.05) is 13.7 Å². The summed E-state index contributed by atoms with van der Waals surface area (Å²) < 4.78 is 11.6. The minimum atomic E-state index is -0.328. The number of hydrogen-bond donors (Lipinski definition) is 0. The molecule has 0 aliphatic rings. The maximum Gasteiger partial charge on any atom is 0.332 e. The monoisotopic (exact) mass is 319 g/mol. The van der Waals surface area contributed by atoms with Gasteiger partial charge in [-0.2, -0.15) is 4.98 Å². The van der Waals surface area contributed by atoms with E-state index in [4.69, 9.17) is 4.74 Å². The molecule has 8 heteroatoms. The zero-order valence-corrected chi connectivity index (χ0v) is 13.9. The summed E-state index contributed by atoms with van der Waals surface area (Å²) in [6.07, 6.45) is 2.60. The van der Waals surface area contributed by atoms with Gasteiger partial charge in [0.25, 0.3) is 5.56 Å². The third-order valence-corrected chi connectivity index (χ3v) is 4.11. The molecule has 0 amide bonds. The Morgan fingerprint density at radius 3 is 2.61 bits per heavy atom. The van der Waals surface area contributed by atoms with Gasteiger partial charge in [-0.1, -0.05) is 6.92 Å². The number of rotatable bonds is 5. The SMILES string of the molecule is CCCn1c(=O)c2c(nc3n(CCOC)c(C)cn23)n(C)c1=O. The summed E-state index contributed by atoms with van der Waals surface area (Å²) in [7, 11) is 3.29. The van der Waals surface area contributed by atoms with Gasteiger partial charge in [-0.3, -0.25) is 18.3 Å². The summed E-state index contributed by atoms with van der Waals surface area (Å²) in [5.74, 6) is 0.649. The second-order valence-corrected chi connectivity index (χ2v) is 5.67. The molecule has 3 heterocycles. The summed E-state index contributed by atoms with van der Waals surface area (Å²) in [5.41, 5.74) is 1.22. The number of fused-ring (bicyclic) bond motifs is 3. The van der Waals surface area contributed by atoms with E-state index in [1.165, 1.54) is 9.13 Å². The van der Waals surface area contributed by atoms with Gasteiger partial charge in [0.05, 0.1) is 6.61 Å². The molecule has 0 unspecified atom stereocenters. The largest absolute Gasteiger partial charge is 0.383 e. The van der Waals surface area contributed by atoms with Crippen molar-refractivity contribution in [1.82, 2.24) is 23.1 Å². The molecule has 3 aromatic rings. The lowest BCUT2D eigenvalue weighted by Gasteiger charge is -2.06. The fraction of sp³-hybridized carbons (Fsp3) is 0.533. The van der Waals surface area contributed by atoms with E-state index >= 15 is 0 Å². The molecule has 0 spiro atoms. The molecule has 0 radical (unpaired) electrons. The van der Waals surface area contributed by atoms with Gasteiger partial charge < -0.3 is 9.30 Å². The van der Waals surface area contributed by atoms with Gasteiger partial charge in [0.2, 0.25) is 5.78 Å². The van der Waals surface area contributed by atoms with Crippen molar-refractivity contribution in [1.29, 1.82) is 0 Å². The van der Waals surface area contributed by atoms with E-state index in [0.717, 1.165) is 12.1 Å². The Labute approximate surface area is 132 Å². The second kappa shape index (κ2) is 5.69. The first-order chi connectivity index (χ1) is 11.0. The molecule has 3 rings (SSSR count).